The average Bonchev–Trinajstić information content (AvgIpc) is 2.42. The van der Waals surface area contributed by atoms with Crippen LogP contribution in [0.3, 0.4) is 0 Å². The molecule has 1 atom stereocenters. The number of hydrogen-bond acceptors (Lipinski definition) is 5. The average molecular weight is 297 g/mol. The summed E-state index contributed by atoms with van der Waals surface area (Å²) < 4.78 is 0. The topological polar surface area (TPSA) is 100 Å². The third kappa shape index (κ3) is 3.42. The summed E-state index contributed by atoms with van der Waals surface area (Å²) in [7, 11) is 0. The Morgan fingerprint density at radius 1 is 1.70 bits per heavy atom. The van der Waals surface area contributed by atoms with Gasteiger partial charge in [-0.05, 0) is 19.9 Å². The van der Waals surface area contributed by atoms with Crippen LogP contribution in [0.25, 0.3) is 0 Å². The highest BCUT2D eigenvalue weighted by Crippen LogP contribution is 2.27. The van der Waals surface area contributed by atoms with Crippen LogP contribution in [0, 0.1) is 27.4 Å². The van der Waals surface area contributed by atoms with Crippen molar-refractivity contribution in [3.63, 3.8) is 0 Å². The number of aromatic nitrogens is 1. The second-order valence-electron chi connectivity index (χ2n) is 4.13. The van der Waals surface area contributed by atoms with E-state index >= 15 is 0 Å². The van der Waals surface area contributed by atoms with E-state index in [-0.39, 0.29) is 23.2 Å². The van der Waals surface area contributed by atoms with E-state index < -0.39 is 16.5 Å². The van der Waals surface area contributed by atoms with E-state index in [2.05, 4.69) is 4.98 Å². The summed E-state index contributed by atoms with van der Waals surface area (Å²) in [6, 6.07) is 3.27. The number of carbonyl (C=O) groups excluding carboxylic acids is 1. The van der Waals surface area contributed by atoms with Gasteiger partial charge in [0, 0.05) is 19.3 Å². The van der Waals surface area contributed by atoms with E-state index in [0.717, 1.165) is 0 Å². The summed E-state index contributed by atoms with van der Waals surface area (Å²) in [6.07, 6.45) is 1.24. The maximum absolute atomic E-state index is 12.3. The predicted molar refractivity (Wildman–Crippen MR) is 72.3 cm³/mol. The molecule has 8 heteroatoms. The molecular formula is C12H13ClN4O3. The molecule has 0 aromatic carbocycles. The molecule has 7 nitrogen and oxygen atoms in total. The number of nitriles is 1. The van der Waals surface area contributed by atoms with Gasteiger partial charge >= 0.3 is 5.69 Å². The third-order valence-electron chi connectivity index (χ3n) is 2.68. The molecular weight excluding hydrogens is 284 g/mol. The van der Waals surface area contributed by atoms with E-state index in [1.54, 1.807) is 13.8 Å². The molecule has 0 radical (unpaired) electrons. The Morgan fingerprint density at radius 2 is 2.35 bits per heavy atom. The van der Waals surface area contributed by atoms with Gasteiger partial charge in [0.25, 0.3) is 5.91 Å². The maximum Gasteiger partial charge on any atom is 0.319 e. The fourth-order valence-corrected chi connectivity index (χ4v) is 1.90. The Balaban J connectivity index is 3.17. The van der Waals surface area contributed by atoms with Gasteiger partial charge in [0.2, 0.25) is 5.15 Å². The minimum absolute atomic E-state index is 0.123. The Morgan fingerprint density at radius 3 is 2.85 bits per heavy atom. The zero-order valence-corrected chi connectivity index (χ0v) is 11.8. The van der Waals surface area contributed by atoms with Crippen molar-refractivity contribution in [1.82, 2.24) is 9.88 Å². The minimum atomic E-state index is -0.732. The van der Waals surface area contributed by atoms with Crippen molar-refractivity contribution in [2.75, 3.05) is 13.1 Å². The van der Waals surface area contributed by atoms with Crippen LogP contribution in [0.15, 0.2) is 12.3 Å². The molecule has 0 aliphatic heterocycles. The minimum Gasteiger partial charge on any atom is -0.337 e. The lowest BCUT2D eigenvalue weighted by molar-refractivity contribution is -0.385. The first-order valence-corrected chi connectivity index (χ1v) is 6.27. The molecule has 20 heavy (non-hydrogen) atoms. The van der Waals surface area contributed by atoms with Gasteiger partial charge in [-0.3, -0.25) is 14.9 Å². The van der Waals surface area contributed by atoms with Gasteiger partial charge < -0.3 is 4.90 Å². The van der Waals surface area contributed by atoms with Crippen molar-refractivity contribution in [2.45, 2.75) is 13.8 Å². The molecule has 106 valence electrons. The number of hydrogen-bond donors (Lipinski definition) is 0. The number of amides is 1. The summed E-state index contributed by atoms with van der Waals surface area (Å²) in [4.78, 5) is 27.6. The molecule has 0 spiro atoms. The third-order valence-corrected chi connectivity index (χ3v) is 2.95. The van der Waals surface area contributed by atoms with Crippen LogP contribution in [0.2, 0.25) is 5.15 Å². The first-order chi connectivity index (χ1) is 9.42. The molecule has 1 rings (SSSR count). The van der Waals surface area contributed by atoms with Crippen molar-refractivity contribution in [3.8, 4) is 6.07 Å². The van der Waals surface area contributed by atoms with Crippen LogP contribution in [-0.4, -0.2) is 33.8 Å². The fraction of sp³-hybridized carbons (Fsp3) is 0.417. The second kappa shape index (κ2) is 6.82. The lowest BCUT2D eigenvalue weighted by Crippen LogP contribution is -2.34. The van der Waals surface area contributed by atoms with Crippen LogP contribution in [0.1, 0.15) is 24.2 Å². The molecule has 0 saturated carbocycles. The predicted octanol–water partition coefficient (Wildman–Crippen LogP) is 2.26. The monoisotopic (exact) mass is 296 g/mol. The van der Waals surface area contributed by atoms with Gasteiger partial charge in [-0.1, -0.05) is 11.6 Å². The smallest absolute Gasteiger partial charge is 0.319 e. The number of nitrogens with zero attached hydrogens (tertiary/aromatic N) is 4. The highest BCUT2D eigenvalue weighted by atomic mass is 35.5. The Bertz CT molecular complexity index is 570. The van der Waals surface area contributed by atoms with Crippen LogP contribution < -0.4 is 0 Å². The van der Waals surface area contributed by atoms with Gasteiger partial charge in [0.05, 0.1) is 16.9 Å². The number of nitro groups is 1. The van der Waals surface area contributed by atoms with Gasteiger partial charge in [-0.2, -0.15) is 5.26 Å². The van der Waals surface area contributed by atoms with Gasteiger partial charge in [-0.25, -0.2) is 4.98 Å². The zero-order valence-electron chi connectivity index (χ0n) is 11.0. The molecule has 0 aliphatic carbocycles. The molecule has 0 aliphatic rings. The number of halogens is 1. The number of carbonyl (C=O) groups is 1. The normalized spacial score (nSPS) is 11.5. The summed E-state index contributed by atoms with van der Waals surface area (Å²) in [6.45, 7) is 3.94. The maximum atomic E-state index is 12.3. The zero-order chi connectivity index (χ0) is 15.3. The molecule has 0 saturated heterocycles. The highest BCUT2D eigenvalue weighted by Gasteiger charge is 2.28. The first-order valence-electron chi connectivity index (χ1n) is 5.90. The van der Waals surface area contributed by atoms with E-state index in [4.69, 9.17) is 16.9 Å². The molecule has 0 bridgehead atoms. The van der Waals surface area contributed by atoms with Crippen LogP contribution >= 0.6 is 11.6 Å². The molecule has 1 unspecified atom stereocenters. The second-order valence-corrected chi connectivity index (χ2v) is 4.49. The van der Waals surface area contributed by atoms with Crippen molar-refractivity contribution in [3.05, 3.63) is 33.1 Å². The van der Waals surface area contributed by atoms with Crippen molar-refractivity contribution >= 4 is 23.2 Å². The molecule has 1 heterocycles. The molecule has 1 aromatic heterocycles. The number of rotatable bonds is 5. The fourth-order valence-electron chi connectivity index (χ4n) is 1.67. The van der Waals surface area contributed by atoms with Crippen LogP contribution in [0.5, 0.6) is 0 Å². The van der Waals surface area contributed by atoms with Gasteiger partial charge in [-0.15, -0.1) is 0 Å². The quantitative estimate of drug-likeness (QED) is 0.471. The Labute approximate surface area is 120 Å². The number of pyridine rings is 1. The van der Waals surface area contributed by atoms with Crippen LogP contribution in [0.4, 0.5) is 5.69 Å². The largest absolute Gasteiger partial charge is 0.337 e. The van der Waals surface area contributed by atoms with Gasteiger partial charge in [0.15, 0.2) is 0 Å². The summed E-state index contributed by atoms with van der Waals surface area (Å²) in [5.41, 5.74) is -0.635. The lowest BCUT2D eigenvalue weighted by atomic mass is 10.1. The first kappa shape index (κ1) is 15.9. The Hall–Kier alpha value is -2.20. The molecule has 1 amide bonds. The lowest BCUT2D eigenvalue weighted by Gasteiger charge is -2.21. The summed E-state index contributed by atoms with van der Waals surface area (Å²) in [5.74, 6) is -0.902. The highest BCUT2D eigenvalue weighted by molar-refractivity contribution is 6.32. The summed E-state index contributed by atoms with van der Waals surface area (Å²) in [5, 5.41) is 19.5. The van der Waals surface area contributed by atoms with E-state index in [0.29, 0.717) is 6.54 Å². The standard InChI is InChI=1S/C12H13ClN4O3/c1-3-16(7-8(2)6-14)12(18)9-4-5-15-11(13)10(9)17(19)20/h4-5,8H,3,7H2,1-2H3. The molecule has 0 N–H and O–H groups in total. The van der Waals surface area contributed by atoms with E-state index in [1.165, 1.54) is 17.2 Å². The van der Waals surface area contributed by atoms with Crippen molar-refractivity contribution in [1.29, 1.82) is 5.26 Å². The van der Waals surface area contributed by atoms with Crippen LogP contribution in [-0.2, 0) is 0 Å². The molecule has 0 fully saturated rings. The summed E-state index contributed by atoms with van der Waals surface area (Å²) >= 11 is 5.67. The SMILES string of the molecule is CCN(CC(C)C#N)C(=O)c1ccnc(Cl)c1[N+](=O)[O-]. The van der Waals surface area contributed by atoms with Crippen molar-refractivity contribution < 1.29 is 9.72 Å². The van der Waals surface area contributed by atoms with E-state index in [1.807, 2.05) is 6.07 Å². The van der Waals surface area contributed by atoms with Crippen molar-refractivity contribution in [2.24, 2.45) is 5.92 Å². The van der Waals surface area contributed by atoms with Gasteiger partial charge in [0.1, 0.15) is 5.56 Å². The van der Waals surface area contributed by atoms with E-state index in [9.17, 15) is 14.9 Å². The molecule has 1 aromatic rings. The Kier molecular flexibility index (Phi) is 5.41.